The summed E-state index contributed by atoms with van der Waals surface area (Å²) < 4.78 is 9.36. The summed E-state index contributed by atoms with van der Waals surface area (Å²) in [7, 11) is 2.77. The number of carbonyl (C=O) groups excluding carboxylic acids is 2. The molecule has 0 aliphatic heterocycles. The van der Waals surface area contributed by atoms with Gasteiger partial charge in [0, 0.05) is 11.6 Å². The fourth-order valence-corrected chi connectivity index (χ4v) is 1.08. The van der Waals surface area contributed by atoms with Crippen molar-refractivity contribution in [3.05, 3.63) is 42.0 Å². The lowest BCUT2D eigenvalue weighted by molar-refractivity contribution is -0.134. The molecule has 0 unspecified atom stereocenters. The Hall–Kier alpha value is -2.10. The van der Waals surface area contributed by atoms with Gasteiger partial charge in [-0.05, 0) is 18.2 Å². The summed E-state index contributed by atoms with van der Waals surface area (Å²) in [6.07, 6.45) is 2.25. The zero-order chi connectivity index (χ0) is 12.0. The first kappa shape index (κ1) is 12.0. The molecule has 0 bridgehead atoms. The predicted molar refractivity (Wildman–Crippen MR) is 58.5 cm³/mol. The highest BCUT2D eigenvalue weighted by Gasteiger charge is 2.03. The lowest BCUT2D eigenvalue weighted by atomic mass is 10.1. The molecule has 84 valence electrons. The van der Waals surface area contributed by atoms with Crippen molar-refractivity contribution in [2.75, 3.05) is 14.2 Å². The van der Waals surface area contributed by atoms with Crippen molar-refractivity contribution in [3.8, 4) is 5.75 Å². The number of ketones is 1. The van der Waals surface area contributed by atoms with Gasteiger partial charge in [-0.25, -0.2) is 4.79 Å². The number of methoxy groups -OCH3 is 2. The number of benzene rings is 1. The second-order valence-electron chi connectivity index (χ2n) is 2.95. The lowest BCUT2D eigenvalue weighted by Crippen LogP contribution is -1.99. The van der Waals surface area contributed by atoms with E-state index in [0.29, 0.717) is 11.3 Å². The van der Waals surface area contributed by atoms with Crippen molar-refractivity contribution in [1.29, 1.82) is 0 Å². The molecule has 0 amide bonds. The van der Waals surface area contributed by atoms with Gasteiger partial charge >= 0.3 is 5.97 Å². The number of allylic oxidation sites excluding steroid dienone is 1. The van der Waals surface area contributed by atoms with Crippen LogP contribution in [0.25, 0.3) is 0 Å². The molecule has 0 saturated heterocycles. The number of carbonyl (C=O) groups is 2. The third-order valence-corrected chi connectivity index (χ3v) is 1.93. The van der Waals surface area contributed by atoms with Crippen LogP contribution in [0.1, 0.15) is 10.4 Å². The molecule has 0 heterocycles. The first-order chi connectivity index (χ1) is 7.67. The van der Waals surface area contributed by atoms with Crippen molar-refractivity contribution in [2.45, 2.75) is 0 Å². The highest BCUT2D eigenvalue weighted by Crippen LogP contribution is 2.13. The van der Waals surface area contributed by atoms with E-state index in [9.17, 15) is 9.59 Å². The van der Waals surface area contributed by atoms with Gasteiger partial charge < -0.3 is 9.47 Å². The molecule has 0 atom stereocenters. The van der Waals surface area contributed by atoms with Gasteiger partial charge in [-0.15, -0.1) is 0 Å². The Kier molecular flexibility index (Phi) is 4.27. The summed E-state index contributed by atoms with van der Waals surface area (Å²) in [4.78, 5) is 22.4. The molecule has 0 aliphatic carbocycles. The van der Waals surface area contributed by atoms with Crippen LogP contribution >= 0.6 is 0 Å². The van der Waals surface area contributed by atoms with E-state index in [1.807, 2.05) is 0 Å². The Labute approximate surface area is 93.5 Å². The lowest BCUT2D eigenvalue weighted by Gasteiger charge is -2.00. The van der Waals surface area contributed by atoms with Crippen molar-refractivity contribution in [2.24, 2.45) is 0 Å². The van der Waals surface area contributed by atoms with Gasteiger partial charge in [0.2, 0.25) is 0 Å². The smallest absolute Gasteiger partial charge is 0.330 e. The molecule has 0 spiro atoms. The number of ether oxygens (including phenoxy) is 2. The molecule has 1 rings (SSSR count). The zero-order valence-corrected chi connectivity index (χ0v) is 9.10. The van der Waals surface area contributed by atoms with Crippen LogP contribution in [-0.2, 0) is 9.53 Å². The topological polar surface area (TPSA) is 52.6 Å². The molecule has 0 radical (unpaired) electrons. The summed E-state index contributed by atoms with van der Waals surface area (Å²) in [5.41, 5.74) is 0.458. The average molecular weight is 220 g/mol. The first-order valence-electron chi connectivity index (χ1n) is 4.62. The van der Waals surface area contributed by atoms with Gasteiger partial charge in [-0.2, -0.15) is 0 Å². The monoisotopic (exact) mass is 220 g/mol. The predicted octanol–water partition coefficient (Wildman–Crippen LogP) is 1.61. The Bertz CT molecular complexity index is 421. The van der Waals surface area contributed by atoms with E-state index >= 15 is 0 Å². The standard InChI is InChI=1S/C12H12O4/c1-15-10-5-3-4-9(8-10)11(13)6-7-12(14)16-2/h3-8H,1-2H3/b7-6+. The number of hydrogen-bond acceptors (Lipinski definition) is 4. The van der Waals surface area contributed by atoms with Gasteiger partial charge in [0.15, 0.2) is 5.78 Å². The first-order valence-corrected chi connectivity index (χ1v) is 4.62. The molecule has 0 saturated carbocycles. The van der Waals surface area contributed by atoms with Crippen LogP contribution < -0.4 is 4.74 Å². The normalized spacial score (nSPS) is 10.1. The minimum atomic E-state index is -0.559. The number of rotatable bonds is 4. The maximum Gasteiger partial charge on any atom is 0.330 e. The second-order valence-corrected chi connectivity index (χ2v) is 2.95. The SMILES string of the molecule is COC(=O)/C=C/C(=O)c1cccc(OC)c1. The van der Waals surface area contributed by atoms with Crippen molar-refractivity contribution >= 4 is 11.8 Å². The Morgan fingerprint density at radius 2 is 1.94 bits per heavy atom. The molecule has 1 aromatic rings. The molecule has 0 aliphatic rings. The molecule has 0 aromatic heterocycles. The van der Waals surface area contributed by atoms with E-state index in [0.717, 1.165) is 6.08 Å². The van der Waals surface area contributed by atoms with Gasteiger partial charge in [-0.3, -0.25) is 4.79 Å². The van der Waals surface area contributed by atoms with Crippen LogP contribution in [0, 0.1) is 0 Å². The Morgan fingerprint density at radius 3 is 2.56 bits per heavy atom. The third kappa shape index (κ3) is 3.24. The van der Waals surface area contributed by atoms with Gasteiger partial charge in [0.25, 0.3) is 0 Å². The molecular formula is C12H12O4. The third-order valence-electron chi connectivity index (χ3n) is 1.93. The molecule has 4 nitrogen and oxygen atoms in total. The van der Waals surface area contributed by atoms with Gasteiger partial charge in [0.1, 0.15) is 5.75 Å². The molecule has 0 fully saturated rings. The molecule has 1 aromatic carbocycles. The fourth-order valence-electron chi connectivity index (χ4n) is 1.08. The highest BCUT2D eigenvalue weighted by molar-refractivity contribution is 6.07. The van der Waals surface area contributed by atoms with E-state index in [1.165, 1.54) is 20.3 Å². The minimum Gasteiger partial charge on any atom is -0.497 e. The van der Waals surface area contributed by atoms with Crippen LogP contribution in [-0.4, -0.2) is 26.0 Å². The minimum absolute atomic E-state index is 0.274. The van der Waals surface area contributed by atoms with Gasteiger partial charge in [-0.1, -0.05) is 12.1 Å². The zero-order valence-electron chi connectivity index (χ0n) is 9.10. The van der Waals surface area contributed by atoms with Crippen LogP contribution in [0.15, 0.2) is 36.4 Å². The van der Waals surface area contributed by atoms with Gasteiger partial charge in [0.05, 0.1) is 14.2 Å². The molecular weight excluding hydrogens is 208 g/mol. The second kappa shape index (κ2) is 5.70. The molecule has 0 N–H and O–H groups in total. The Morgan fingerprint density at radius 1 is 1.19 bits per heavy atom. The quantitative estimate of drug-likeness (QED) is 0.439. The fraction of sp³-hybridized carbons (Fsp3) is 0.167. The maximum absolute atomic E-state index is 11.6. The average Bonchev–Trinajstić information content (AvgIpc) is 2.35. The van der Waals surface area contributed by atoms with E-state index in [2.05, 4.69) is 4.74 Å². The number of hydrogen-bond donors (Lipinski definition) is 0. The number of esters is 1. The van der Waals surface area contributed by atoms with Crippen LogP contribution in [0.3, 0.4) is 0 Å². The summed E-state index contributed by atoms with van der Waals surface area (Å²) in [5, 5.41) is 0. The largest absolute Gasteiger partial charge is 0.497 e. The summed E-state index contributed by atoms with van der Waals surface area (Å²) >= 11 is 0. The Balaban J connectivity index is 2.80. The van der Waals surface area contributed by atoms with E-state index in [4.69, 9.17) is 4.74 Å². The van der Waals surface area contributed by atoms with E-state index in [1.54, 1.807) is 24.3 Å². The van der Waals surface area contributed by atoms with Crippen molar-refractivity contribution < 1.29 is 19.1 Å². The van der Waals surface area contributed by atoms with Crippen molar-refractivity contribution in [1.82, 2.24) is 0 Å². The molecule has 16 heavy (non-hydrogen) atoms. The van der Waals surface area contributed by atoms with E-state index in [-0.39, 0.29) is 5.78 Å². The summed E-state index contributed by atoms with van der Waals surface area (Å²) in [6, 6.07) is 6.69. The van der Waals surface area contributed by atoms with E-state index < -0.39 is 5.97 Å². The maximum atomic E-state index is 11.6. The molecule has 4 heteroatoms. The highest BCUT2D eigenvalue weighted by atomic mass is 16.5. The summed E-state index contributed by atoms with van der Waals surface area (Å²) in [6.45, 7) is 0. The van der Waals surface area contributed by atoms with Crippen LogP contribution in [0.5, 0.6) is 5.75 Å². The van der Waals surface area contributed by atoms with Crippen LogP contribution in [0.2, 0.25) is 0 Å². The van der Waals surface area contributed by atoms with Crippen LogP contribution in [0.4, 0.5) is 0 Å². The van der Waals surface area contributed by atoms with Crippen molar-refractivity contribution in [3.63, 3.8) is 0 Å². The summed E-state index contributed by atoms with van der Waals surface area (Å²) in [5.74, 6) is -0.238.